The third kappa shape index (κ3) is 4.06. The van der Waals surface area contributed by atoms with E-state index < -0.39 is 0 Å². The van der Waals surface area contributed by atoms with E-state index in [9.17, 15) is 14.3 Å². The molecule has 152 valence electrons. The summed E-state index contributed by atoms with van der Waals surface area (Å²) in [5.41, 5.74) is 4.09. The molecule has 6 nitrogen and oxygen atoms in total. The molecule has 0 unspecified atom stereocenters. The number of aromatic nitrogens is 3. The topological polar surface area (TPSA) is 90.9 Å². The molecule has 3 N–H and O–H groups in total. The molecule has 7 heteroatoms. The van der Waals surface area contributed by atoms with E-state index in [1.807, 2.05) is 25.1 Å². The maximum absolute atomic E-state index is 13.2. The molecule has 0 saturated heterocycles. The fourth-order valence-electron chi connectivity index (χ4n) is 3.20. The second kappa shape index (κ2) is 8.42. The lowest BCUT2D eigenvalue weighted by Gasteiger charge is -2.13. The smallest absolute Gasteiger partial charge is 0.270 e. The van der Waals surface area contributed by atoms with E-state index in [4.69, 9.17) is 0 Å². The molecule has 3 aromatic heterocycles. The van der Waals surface area contributed by atoms with Gasteiger partial charge in [-0.3, -0.25) is 4.79 Å². The zero-order chi connectivity index (χ0) is 21.1. The molecule has 0 aliphatic carbocycles. The highest BCUT2D eigenvalue weighted by Gasteiger charge is 2.14. The average Bonchev–Trinajstić information content (AvgIpc) is 3.21. The van der Waals surface area contributed by atoms with Gasteiger partial charge in [0.25, 0.3) is 5.91 Å². The van der Waals surface area contributed by atoms with Crippen LogP contribution >= 0.6 is 0 Å². The van der Waals surface area contributed by atoms with Gasteiger partial charge in [-0.2, -0.15) is 0 Å². The third-order valence-electron chi connectivity index (χ3n) is 4.95. The van der Waals surface area contributed by atoms with Crippen molar-refractivity contribution in [2.24, 2.45) is 0 Å². The Morgan fingerprint density at radius 1 is 1.17 bits per heavy atom. The van der Waals surface area contributed by atoms with E-state index >= 15 is 0 Å². The number of benzene rings is 1. The highest BCUT2D eigenvalue weighted by Crippen LogP contribution is 2.26. The summed E-state index contributed by atoms with van der Waals surface area (Å²) in [6.45, 7) is 1.77. The number of carbonyl (C=O) groups is 1. The van der Waals surface area contributed by atoms with Crippen molar-refractivity contribution in [1.29, 1.82) is 0 Å². The van der Waals surface area contributed by atoms with Gasteiger partial charge in [0.2, 0.25) is 0 Å². The second-order valence-electron chi connectivity index (χ2n) is 7.02. The van der Waals surface area contributed by atoms with Crippen molar-refractivity contribution < 1.29 is 14.3 Å². The van der Waals surface area contributed by atoms with E-state index in [1.54, 1.807) is 30.5 Å². The van der Waals surface area contributed by atoms with Crippen molar-refractivity contribution in [2.45, 2.75) is 19.4 Å². The van der Waals surface area contributed by atoms with Crippen LogP contribution in [-0.4, -0.2) is 38.6 Å². The lowest BCUT2D eigenvalue weighted by atomic mass is 10.1. The Hall–Kier alpha value is -3.58. The van der Waals surface area contributed by atoms with Crippen LogP contribution in [0.15, 0.2) is 60.8 Å². The number of amides is 1. The predicted octanol–water partition coefficient (Wildman–Crippen LogP) is 3.93. The van der Waals surface area contributed by atoms with Crippen LogP contribution in [0.5, 0.6) is 0 Å². The Balaban J connectivity index is 1.63. The van der Waals surface area contributed by atoms with Crippen LogP contribution in [0.25, 0.3) is 33.5 Å². The normalized spacial score (nSPS) is 12.1. The van der Waals surface area contributed by atoms with Crippen molar-refractivity contribution in [1.82, 2.24) is 20.3 Å². The quantitative estimate of drug-likeness (QED) is 0.454. The number of H-pyrrole nitrogens is 1. The van der Waals surface area contributed by atoms with E-state index in [0.29, 0.717) is 17.8 Å². The Morgan fingerprint density at radius 3 is 2.70 bits per heavy atom. The van der Waals surface area contributed by atoms with E-state index in [-0.39, 0.29) is 30.1 Å². The number of nitrogens with one attached hydrogen (secondary N) is 2. The fraction of sp³-hybridized carbons (Fsp3) is 0.174. The van der Waals surface area contributed by atoms with Gasteiger partial charge in [0.1, 0.15) is 17.2 Å². The monoisotopic (exact) mass is 404 g/mol. The van der Waals surface area contributed by atoms with E-state index in [2.05, 4.69) is 20.3 Å². The number of aliphatic hydroxyl groups excluding tert-OH is 1. The minimum absolute atomic E-state index is 0.119. The summed E-state index contributed by atoms with van der Waals surface area (Å²) in [6, 6.07) is 15.1. The SMILES string of the molecule is CC[C@H](CO)NC(=O)c1cccc(-c2cnc3[nH]c(-c4ccc(F)cc4)cc3c2)n1. The molecule has 3 heterocycles. The minimum Gasteiger partial charge on any atom is -0.394 e. The zero-order valence-corrected chi connectivity index (χ0v) is 16.4. The highest BCUT2D eigenvalue weighted by molar-refractivity contribution is 5.93. The average molecular weight is 404 g/mol. The molecule has 0 spiro atoms. The number of fused-ring (bicyclic) bond motifs is 1. The number of carbonyl (C=O) groups excluding carboxylic acids is 1. The van der Waals surface area contributed by atoms with Crippen LogP contribution in [0.2, 0.25) is 0 Å². The van der Waals surface area contributed by atoms with Gasteiger partial charge in [-0.05, 0) is 60.5 Å². The number of hydrogen-bond donors (Lipinski definition) is 3. The molecule has 1 atom stereocenters. The van der Waals surface area contributed by atoms with Gasteiger partial charge < -0.3 is 15.4 Å². The van der Waals surface area contributed by atoms with Crippen molar-refractivity contribution in [3.63, 3.8) is 0 Å². The molecular formula is C23H21FN4O2. The largest absolute Gasteiger partial charge is 0.394 e. The first-order valence-electron chi connectivity index (χ1n) is 9.71. The number of rotatable bonds is 6. The Labute approximate surface area is 172 Å². The first kappa shape index (κ1) is 19.7. The summed E-state index contributed by atoms with van der Waals surface area (Å²) in [7, 11) is 0. The molecule has 1 aromatic carbocycles. The molecule has 30 heavy (non-hydrogen) atoms. The maximum atomic E-state index is 13.2. The van der Waals surface area contributed by atoms with Gasteiger partial charge in [0.15, 0.2) is 0 Å². The molecule has 4 aromatic rings. The summed E-state index contributed by atoms with van der Waals surface area (Å²) in [5, 5.41) is 12.9. The molecule has 4 rings (SSSR count). The molecule has 0 bridgehead atoms. The van der Waals surface area contributed by atoms with E-state index in [1.165, 1.54) is 12.1 Å². The summed E-state index contributed by atoms with van der Waals surface area (Å²) < 4.78 is 13.2. The van der Waals surface area contributed by atoms with Gasteiger partial charge in [0.05, 0.1) is 18.3 Å². The van der Waals surface area contributed by atoms with Crippen molar-refractivity contribution >= 4 is 16.9 Å². The first-order chi connectivity index (χ1) is 14.6. The second-order valence-corrected chi connectivity index (χ2v) is 7.02. The molecular weight excluding hydrogens is 383 g/mol. The molecule has 1 amide bonds. The Kier molecular flexibility index (Phi) is 5.54. The number of pyridine rings is 2. The minimum atomic E-state index is -0.327. The summed E-state index contributed by atoms with van der Waals surface area (Å²) in [6.07, 6.45) is 2.33. The van der Waals surface area contributed by atoms with Gasteiger partial charge in [0, 0.05) is 22.8 Å². The van der Waals surface area contributed by atoms with Crippen LogP contribution < -0.4 is 5.32 Å². The number of halogens is 1. The molecule has 0 fully saturated rings. The summed E-state index contributed by atoms with van der Waals surface area (Å²) in [4.78, 5) is 24.6. The maximum Gasteiger partial charge on any atom is 0.270 e. The molecule has 0 aliphatic heterocycles. The lowest BCUT2D eigenvalue weighted by molar-refractivity contribution is 0.0910. The zero-order valence-electron chi connectivity index (χ0n) is 16.4. The van der Waals surface area contributed by atoms with Crippen molar-refractivity contribution in [3.8, 4) is 22.5 Å². The van der Waals surface area contributed by atoms with Crippen LogP contribution in [0.1, 0.15) is 23.8 Å². The van der Waals surface area contributed by atoms with Crippen LogP contribution in [-0.2, 0) is 0 Å². The highest BCUT2D eigenvalue weighted by atomic mass is 19.1. The van der Waals surface area contributed by atoms with Crippen LogP contribution in [0.4, 0.5) is 4.39 Å². The standard InChI is InChI=1S/C23H21FN4O2/c1-2-18(13-29)26-23(30)20-5-3-4-19(27-20)16-10-15-11-21(28-22(15)25-12-16)14-6-8-17(24)9-7-14/h3-12,18,29H,2,13H2,1H3,(H,25,28)(H,26,30)/t18-/m1/s1. The molecule has 0 radical (unpaired) electrons. The number of aliphatic hydroxyl groups is 1. The summed E-state index contributed by atoms with van der Waals surface area (Å²) >= 11 is 0. The van der Waals surface area contributed by atoms with Crippen LogP contribution in [0.3, 0.4) is 0 Å². The van der Waals surface area contributed by atoms with Gasteiger partial charge in [-0.25, -0.2) is 14.4 Å². The van der Waals surface area contributed by atoms with E-state index in [0.717, 1.165) is 22.2 Å². The van der Waals surface area contributed by atoms with Crippen molar-refractivity contribution in [3.05, 3.63) is 72.3 Å². The van der Waals surface area contributed by atoms with Gasteiger partial charge in [-0.15, -0.1) is 0 Å². The fourth-order valence-corrected chi connectivity index (χ4v) is 3.20. The van der Waals surface area contributed by atoms with Crippen molar-refractivity contribution in [2.75, 3.05) is 6.61 Å². The lowest BCUT2D eigenvalue weighted by Crippen LogP contribution is -2.37. The van der Waals surface area contributed by atoms with Gasteiger partial charge >= 0.3 is 0 Å². The predicted molar refractivity (Wildman–Crippen MR) is 113 cm³/mol. The first-order valence-corrected chi connectivity index (χ1v) is 9.71. The number of aromatic amines is 1. The van der Waals surface area contributed by atoms with Gasteiger partial charge in [-0.1, -0.05) is 13.0 Å². The number of nitrogens with zero attached hydrogens (tertiary/aromatic N) is 2. The Morgan fingerprint density at radius 2 is 1.97 bits per heavy atom. The molecule has 0 aliphatic rings. The molecule has 0 saturated carbocycles. The number of hydrogen-bond acceptors (Lipinski definition) is 4. The Bertz CT molecular complexity index is 1180. The summed E-state index contributed by atoms with van der Waals surface area (Å²) in [5.74, 6) is -0.610. The third-order valence-corrected chi connectivity index (χ3v) is 4.95. The van der Waals surface area contributed by atoms with Crippen LogP contribution in [0, 0.1) is 5.82 Å².